The highest BCUT2D eigenvalue weighted by Crippen LogP contribution is 2.26. The van der Waals surface area contributed by atoms with Gasteiger partial charge in [0.1, 0.15) is 5.65 Å². The van der Waals surface area contributed by atoms with Gasteiger partial charge in [-0.3, -0.25) is 4.99 Å². The minimum Gasteiger partial charge on any atom is -0.478 e. The number of nitrogens with zero attached hydrogens (tertiary/aromatic N) is 2. The van der Waals surface area contributed by atoms with Gasteiger partial charge in [-0.15, -0.1) is 0 Å². The average Bonchev–Trinajstić information content (AvgIpc) is 3.03. The number of nitrogens with one attached hydrogen (secondary N) is 1. The second kappa shape index (κ2) is 6.31. The van der Waals surface area contributed by atoms with Crippen LogP contribution in [0.3, 0.4) is 0 Å². The number of pyridine rings is 1. The summed E-state index contributed by atoms with van der Waals surface area (Å²) >= 11 is 0. The number of aromatic nitrogens is 2. The van der Waals surface area contributed by atoms with Gasteiger partial charge in [0.15, 0.2) is 0 Å². The van der Waals surface area contributed by atoms with Crippen LogP contribution in [0.5, 0.6) is 0 Å². The minimum atomic E-state index is -0.937. The third-order valence-electron chi connectivity index (χ3n) is 4.75. The third-order valence-corrected chi connectivity index (χ3v) is 4.75. The number of aromatic amines is 1. The number of carboxylic acid groups (broad SMARTS) is 1. The number of H-pyrrole nitrogens is 1. The lowest BCUT2D eigenvalue weighted by molar-refractivity contribution is 0.0697. The Morgan fingerprint density at radius 1 is 1.23 bits per heavy atom. The quantitative estimate of drug-likeness (QED) is 0.495. The summed E-state index contributed by atoms with van der Waals surface area (Å²) in [7, 11) is 2.00. The Morgan fingerprint density at radius 3 is 2.81 bits per heavy atom. The van der Waals surface area contributed by atoms with E-state index in [1.807, 2.05) is 25.2 Å². The topological polar surface area (TPSA) is 96.4 Å². The van der Waals surface area contributed by atoms with Gasteiger partial charge in [-0.2, -0.15) is 0 Å². The molecule has 6 nitrogen and oxygen atoms in total. The lowest BCUT2D eigenvalue weighted by Gasteiger charge is -2.09. The molecule has 0 fully saturated rings. The number of fused-ring (bicyclic) bond motifs is 4. The van der Waals surface area contributed by atoms with Crippen molar-refractivity contribution in [3.63, 3.8) is 0 Å². The van der Waals surface area contributed by atoms with Crippen LogP contribution in [0.25, 0.3) is 32.8 Å². The van der Waals surface area contributed by atoms with Gasteiger partial charge in [-0.05, 0) is 37.2 Å². The number of carbonyl (C=O) groups is 1. The van der Waals surface area contributed by atoms with Crippen molar-refractivity contribution in [1.82, 2.24) is 9.55 Å². The molecule has 0 amide bonds. The van der Waals surface area contributed by atoms with Crippen LogP contribution < -0.4 is 11.1 Å². The molecule has 0 bridgehead atoms. The molecule has 0 aliphatic rings. The van der Waals surface area contributed by atoms with Crippen molar-refractivity contribution in [2.75, 3.05) is 13.1 Å². The fraction of sp³-hybridized carbons (Fsp3) is 0.200. The number of benzene rings is 2. The normalized spacial score (nSPS) is 12.5. The molecule has 0 saturated carbocycles. The monoisotopic (exact) mass is 348 g/mol. The molecule has 0 spiro atoms. The van der Waals surface area contributed by atoms with Crippen LogP contribution >= 0.6 is 0 Å². The van der Waals surface area contributed by atoms with Crippen molar-refractivity contribution in [3.8, 4) is 0 Å². The van der Waals surface area contributed by atoms with E-state index in [4.69, 9.17) is 10.7 Å². The molecule has 2 aromatic carbocycles. The summed E-state index contributed by atoms with van der Waals surface area (Å²) in [6, 6.07) is 13.3. The van der Waals surface area contributed by atoms with Crippen LogP contribution in [0.2, 0.25) is 0 Å². The van der Waals surface area contributed by atoms with Gasteiger partial charge in [-0.1, -0.05) is 18.2 Å². The molecule has 4 rings (SSSR count). The van der Waals surface area contributed by atoms with Crippen LogP contribution in [0.15, 0.2) is 47.5 Å². The molecular formula is C20H20N4O2. The average molecular weight is 348 g/mol. The Balaban J connectivity index is 2.21. The van der Waals surface area contributed by atoms with Crippen LogP contribution in [0.1, 0.15) is 16.8 Å². The molecule has 132 valence electrons. The molecule has 2 heterocycles. The van der Waals surface area contributed by atoms with E-state index in [9.17, 15) is 9.90 Å². The Hall–Kier alpha value is -3.12. The molecule has 2 aromatic heterocycles. The number of aryl methyl sites for hydroxylation is 1. The molecule has 0 saturated heterocycles. The summed E-state index contributed by atoms with van der Waals surface area (Å²) < 4.78 is 2.09. The Kier molecular flexibility index (Phi) is 3.97. The Bertz CT molecular complexity index is 1220. The lowest BCUT2D eigenvalue weighted by Crippen LogP contribution is -2.12. The molecule has 0 aliphatic carbocycles. The van der Waals surface area contributed by atoms with Gasteiger partial charge in [0.2, 0.25) is 0 Å². The SMILES string of the molecule is Cn1c2ccccc2c(=NCCCN)c2c3cc(C(=O)O)ccc3[nH]c21. The van der Waals surface area contributed by atoms with Crippen molar-refractivity contribution >= 4 is 38.8 Å². The van der Waals surface area contributed by atoms with E-state index in [0.29, 0.717) is 13.1 Å². The van der Waals surface area contributed by atoms with Gasteiger partial charge in [-0.25, -0.2) is 4.79 Å². The highest BCUT2D eigenvalue weighted by Gasteiger charge is 2.14. The van der Waals surface area contributed by atoms with E-state index in [1.165, 1.54) is 0 Å². The lowest BCUT2D eigenvalue weighted by atomic mass is 10.1. The number of nitrogens with two attached hydrogens (primary N) is 1. The van der Waals surface area contributed by atoms with Crippen LogP contribution in [-0.4, -0.2) is 33.7 Å². The smallest absolute Gasteiger partial charge is 0.335 e. The largest absolute Gasteiger partial charge is 0.478 e. The number of hydrogen-bond acceptors (Lipinski definition) is 3. The number of rotatable bonds is 4. The molecule has 6 heteroatoms. The highest BCUT2D eigenvalue weighted by atomic mass is 16.4. The highest BCUT2D eigenvalue weighted by molar-refractivity contribution is 6.11. The van der Waals surface area contributed by atoms with E-state index in [1.54, 1.807) is 12.1 Å². The van der Waals surface area contributed by atoms with E-state index in [0.717, 1.165) is 44.6 Å². The molecule has 4 N–H and O–H groups in total. The maximum atomic E-state index is 11.4. The van der Waals surface area contributed by atoms with Crippen LogP contribution in [0, 0.1) is 0 Å². The zero-order valence-electron chi connectivity index (χ0n) is 14.5. The molecule has 0 unspecified atom stereocenters. The molecule has 0 aliphatic heterocycles. The van der Waals surface area contributed by atoms with Crippen molar-refractivity contribution in [1.29, 1.82) is 0 Å². The number of carboxylic acids is 1. The first kappa shape index (κ1) is 16.4. The second-order valence-corrected chi connectivity index (χ2v) is 6.36. The Labute approximate surface area is 149 Å². The maximum Gasteiger partial charge on any atom is 0.335 e. The number of aromatic carboxylic acids is 1. The van der Waals surface area contributed by atoms with Gasteiger partial charge in [0, 0.05) is 29.9 Å². The summed E-state index contributed by atoms with van der Waals surface area (Å²) in [4.78, 5) is 19.7. The first-order valence-corrected chi connectivity index (χ1v) is 8.59. The van der Waals surface area contributed by atoms with E-state index in [-0.39, 0.29) is 5.56 Å². The van der Waals surface area contributed by atoms with Gasteiger partial charge in [0.05, 0.1) is 21.8 Å². The summed E-state index contributed by atoms with van der Waals surface area (Å²) in [5.41, 5.74) is 8.78. The standard InChI is InChI=1S/C20H20N4O2/c1-24-16-6-3-2-5-13(16)18(22-10-4-9-21)17-14-11-12(20(25)26)7-8-15(14)23-19(17)24/h2-3,5-8,11,23H,4,9-10,21H2,1H3,(H,25,26). The van der Waals surface area contributed by atoms with E-state index in [2.05, 4.69) is 21.7 Å². The summed E-state index contributed by atoms with van der Waals surface area (Å²) in [6.45, 7) is 1.22. The molecular weight excluding hydrogens is 328 g/mol. The Morgan fingerprint density at radius 2 is 2.04 bits per heavy atom. The zero-order valence-corrected chi connectivity index (χ0v) is 14.5. The fourth-order valence-corrected chi connectivity index (χ4v) is 3.47. The number of hydrogen-bond donors (Lipinski definition) is 3. The molecule has 0 radical (unpaired) electrons. The van der Waals surface area contributed by atoms with Crippen molar-refractivity contribution in [3.05, 3.63) is 53.4 Å². The first-order chi connectivity index (χ1) is 12.6. The number of para-hydroxylation sites is 1. The van der Waals surface area contributed by atoms with Crippen molar-refractivity contribution < 1.29 is 9.90 Å². The third kappa shape index (κ3) is 2.46. The van der Waals surface area contributed by atoms with Gasteiger partial charge in [0.25, 0.3) is 0 Å². The summed E-state index contributed by atoms with van der Waals surface area (Å²) in [6.07, 6.45) is 0.805. The predicted molar refractivity (Wildman–Crippen MR) is 103 cm³/mol. The van der Waals surface area contributed by atoms with Crippen LogP contribution in [0.4, 0.5) is 0 Å². The van der Waals surface area contributed by atoms with Gasteiger partial charge < -0.3 is 20.4 Å². The molecule has 26 heavy (non-hydrogen) atoms. The molecule has 4 aromatic rings. The van der Waals surface area contributed by atoms with Crippen molar-refractivity contribution in [2.24, 2.45) is 17.8 Å². The molecule has 0 atom stereocenters. The zero-order chi connectivity index (χ0) is 18.3. The minimum absolute atomic E-state index is 0.266. The summed E-state index contributed by atoms with van der Waals surface area (Å²) in [5.74, 6) is -0.937. The van der Waals surface area contributed by atoms with Gasteiger partial charge >= 0.3 is 5.97 Å². The van der Waals surface area contributed by atoms with E-state index >= 15 is 0 Å². The maximum absolute atomic E-state index is 11.4. The fourth-order valence-electron chi connectivity index (χ4n) is 3.47. The second-order valence-electron chi connectivity index (χ2n) is 6.36. The predicted octanol–water partition coefficient (Wildman–Crippen LogP) is 2.76. The van der Waals surface area contributed by atoms with Crippen molar-refractivity contribution in [2.45, 2.75) is 6.42 Å². The summed E-state index contributed by atoms with van der Waals surface area (Å²) in [5, 5.41) is 13.1. The van der Waals surface area contributed by atoms with Crippen LogP contribution in [-0.2, 0) is 7.05 Å². The first-order valence-electron chi connectivity index (χ1n) is 8.59. The van der Waals surface area contributed by atoms with E-state index < -0.39 is 5.97 Å².